The van der Waals surface area contributed by atoms with Crippen LogP contribution in [0.1, 0.15) is 44.2 Å². The Morgan fingerprint density at radius 2 is 2.29 bits per heavy atom. The topological polar surface area (TPSA) is 24.9 Å². The maximum Gasteiger partial charge on any atom is 0.0991 e. The molecule has 94 valence electrons. The number of hydrogen-bond donors (Lipinski definition) is 1. The Morgan fingerprint density at radius 1 is 1.53 bits per heavy atom. The Balaban J connectivity index is 1.94. The lowest BCUT2D eigenvalue weighted by Gasteiger charge is -2.11. The van der Waals surface area contributed by atoms with Crippen molar-refractivity contribution in [3.8, 4) is 0 Å². The van der Waals surface area contributed by atoms with E-state index in [9.17, 15) is 0 Å². The number of aromatic nitrogens is 1. The number of thioether (sulfide) groups is 1. The molecule has 1 fully saturated rings. The normalized spacial score (nSPS) is 17.1. The lowest BCUT2D eigenvalue weighted by atomic mass is 10.2. The van der Waals surface area contributed by atoms with Crippen molar-refractivity contribution in [1.82, 2.24) is 10.3 Å². The van der Waals surface area contributed by atoms with E-state index < -0.39 is 0 Å². The van der Waals surface area contributed by atoms with Crippen LogP contribution in [-0.2, 0) is 6.54 Å². The minimum Gasteiger partial charge on any atom is -0.310 e. The summed E-state index contributed by atoms with van der Waals surface area (Å²) in [6.45, 7) is 7.61. The van der Waals surface area contributed by atoms with Gasteiger partial charge in [-0.25, -0.2) is 4.98 Å². The summed E-state index contributed by atoms with van der Waals surface area (Å²) in [7, 11) is 0. The van der Waals surface area contributed by atoms with E-state index in [2.05, 4.69) is 37.1 Å². The third-order valence-electron chi connectivity index (χ3n) is 3.15. The number of rotatable bonds is 6. The molecule has 1 atom stereocenters. The maximum absolute atomic E-state index is 4.59. The molecule has 1 aromatic heterocycles. The molecular weight excluding hydrogens is 228 g/mol. The van der Waals surface area contributed by atoms with Gasteiger partial charge in [0.25, 0.3) is 0 Å². The van der Waals surface area contributed by atoms with Crippen LogP contribution in [0.2, 0.25) is 0 Å². The lowest BCUT2D eigenvalue weighted by molar-refractivity contribution is 0.684. The van der Waals surface area contributed by atoms with Gasteiger partial charge in [0.1, 0.15) is 0 Å². The van der Waals surface area contributed by atoms with Crippen molar-refractivity contribution >= 4 is 11.8 Å². The number of hydrogen-bond acceptors (Lipinski definition) is 3. The average Bonchev–Trinajstić information content (AvgIpc) is 3.13. The molecule has 1 aromatic rings. The van der Waals surface area contributed by atoms with Gasteiger partial charge in [0.2, 0.25) is 0 Å². The fraction of sp³-hybridized carbons (Fsp3) is 0.643. The lowest BCUT2D eigenvalue weighted by Crippen LogP contribution is -2.15. The maximum atomic E-state index is 4.59. The Bertz CT molecular complexity index is 374. The quantitative estimate of drug-likeness (QED) is 0.782. The summed E-state index contributed by atoms with van der Waals surface area (Å²) in [4.78, 5) is 4.59. The molecule has 0 aromatic carbocycles. The summed E-state index contributed by atoms with van der Waals surface area (Å²) in [5.41, 5.74) is 2.62. The summed E-state index contributed by atoms with van der Waals surface area (Å²) in [5, 5.41) is 5.36. The van der Waals surface area contributed by atoms with Crippen molar-refractivity contribution < 1.29 is 0 Å². The number of aryl methyl sites for hydroxylation is 1. The molecule has 0 spiro atoms. The first kappa shape index (κ1) is 12.9. The van der Waals surface area contributed by atoms with Gasteiger partial charge in [-0.1, -0.05) is 19.9 Å². The van der Waals surface area contributed by atoms with Gasteiger partial charge in [0.05, 0.1) is 5.03 Å². The van der Waals surface area contributed by atoms with E-state index in [-0.39, 0.29) is 0 Å². The molecule has 1 aliphatic rings. The smallest absolute Gasteiger partial charge is 0.0991 e. The highest BCUT2D eigenvalue weighted by Gasteiger charge is 2.20. The van der Waals surface area contributed by atoms with Crippen molar-refractivity contribution in [3.63, 3.8) is 0 Å². The predicted molar refractivity (Wildman–Crippen MR) is 74.4 cm³/mol. The molecular formula is C14H22N2S. The zero-order valence-electron chi connectivity index (χ0n) is 11.0. The van der Waals surface area contributed by atoms with E-state index in [4.69, 9.17) is 0 Å². The third-order valence-corrected chi connectivity index (χ3v) is 4.53. The fourth-order valence-electron chi connectivity index (χ4n) is 1.66. The van der Waals surface area contributed by atoms with Gasteiger partial charge in [0, 0.05) is 24.0 Å². The van der Waals surface area contributed by atoms with E-state index in [1.807, 2.05) is 18.0 Å². The van der Waals surface area contributed by atoms with Crippen LogP contribution in [0.25, 0.3) is 0 Å². The van der Waals surface area contributed by atoms with E-state index in [1.165, 1.54) is 35.4 Å². The summed E-state index contributed by atoms with van der Waals surface area (Å²) in [6.07, 6.45) is 5.90. The molecule has 17 heavy (non-hydrogen) atoms. The summed E-state index contributed by atoms with van der Waals surface area (Å²) in [5.74, 6) is 0. The molecule has 0 bridgehead atoms. The van der Waals surface area contributed by atoms with Crippen LogP contribution >= 0.6 is 11.8 Å². The molecule has 1 heterocycles. The van der Waals surface area contributed by atoms with Crippen molar-refractivity contribution in [2.45, 2.75) is 62.9 Å². The average molecular weight is 250 g/mol. The van der Waals surface area contributed by atoms with Crippen molar-refractivity contribution in [2.75, 3.05) is 0 Å². The number of pyridine rings is 1. The highest BCUT2D eigenvalue weighted by Crippen LogP contribution is 2.26. The van der Waals surface area contributed by atoms with Crippen LogP contribution in [0.4, 0.5) is 0 Å². The minimum absolute atomic E-state index is 0.650. The molecule has 3 heteroatoms. The Labute approximate surface area is 109 Å². The largest absolute Gasteiger partial charge is 0.310 e. The second-order valence-electron chi connectivity index (χ2n) is 4.96. The number of nitrogens with one attached hydrogen (secondary N) is 1. The van der Waals surface area contributed by atoms with E-state index in [0.29, 0.717) is 5.25 Å². The molecule has 0 aliphatic heterocycles. The van der Waals surface area contributed by atoms with Crippen molar-refractivity contribution in [1.29, 1.82) is 0 Å². The Kier molecular flexibility index (Phi) is 4.46. The van der Waals surface area contributed by atoms with E-state index >= 15 is 0 Å². The molecule has 1 saturated carbocycles. The zero-order chi connectivity index (χ0) is 12.3. The molecule has 1 N–H and O–H groups in total. The van der Waals surface area contributed by atoms with Gasteiger partial charge in [-0.2, -0.15) is 0 Å². The fourth-order valence-corrected chi connectivity index (χ4v) is 2.57. The van der Waals surface area contributed by atoms with Gasteiger partial charge in [-0.15, -0.1) is 11.8 Å². The molecule has 1 unspecified atom stereocenters. The van der Waals surface area contributed by atoms with Gasteiger partial charge >= 0.3 is 0 Å². The second kappa shape index (κ2) is 5.87. The summed E-state index contributed by atoms with van der Waals surface area (Å²) >= 11 is 1.88. The molecule has 0 amide bonds. The summed E-state index contributed by atoms with van der Waals surface area (Å²) < 4.78 is 0. The van der Waals surface area contributed by atoms with Gasteiger partial charge < -0.3 is 5.32 Å². The first-order valence-corrected chi connectivity index (χ1v) is 7.42. The summed E-state index contributed by atoms with van der Waals surface area (Å²) in [6, 6.07) is 3.04. The highest BCUT2D eigenvalue weighted by atomic mass is 32.2. The molecule has 1 aliphatic carbocycles. The predicted octanol–water partition coefficient (Wildman–Crippen LogP) is 3.53. The van der Waals surface area contributed by atoms with E-state index in [0.717, 1.165) is 12.6 Å². The monoisotopic (exact) mass is 250 g/mol. The highest BCUT2D eigenvalue weighted by molar-refractivity contribution is 7.99. The Morgan fingerprint density at radius 3 is 2.88 bits per heavy atom. The molecule has 2 rings (SSSR count). The van der Waals surface area contributed by atoms with Crippen molar-refractivity contribution in [2.24, 2.45) is 0 Å². The van der Waals surface area contributed by atoms with Crippen LogP contribution in [0.3, 0.4) is 0 Å². The SMILES string of the molecule is CCC(C)Sc1ncc(CNC2CC2)cc1C. The van der Waals surface area contributed by atoms with Gasteiger partial charge in [0.15, 0.2) is 0 Å². The molecule has 0 radical (unpaired) electrons. The van der Waals surface area contributed by atoms with Crippen LogP contribution in [0.5, 0.6) is 0 Å². The number of nitrogens with zero attached hydrogens (tertiary/aromatic N) is 1. The first-order valence-electron chi connectivity index (χ1n) is 6.54. The van der Waals surface area contributed by atoms with Crippen LogP contribution in [0, 0.1) is 6.92 Å². The first-order chi connectivity index (χ1) is 8.19. The minimum atomic E-state index is 0.650. The van der Waals surface area contributed by atoms with Gasteiger partial charge in [-0.05, 0) is 37.3 Å². The second-order valence-corrected chi connectivity index (χ2v) is 6.38. The standard InChI is InChI=1S/C14H22N2S/c1-4-11(3)17-14-10(2)7-12(9-16-14)8-15-13-5-6-13/h7,9,11,13,15H,4-6,8H2,1-3H3. The zero-order valence-corrected chi connectivity index (χ0v) is 11.8. The van der Waals surface area contributed by atoms with Gasteiger partial charge in [-0.3, -0.25) is 0 Å². The molecule has 0 saturated heterocycles. The van der Waals surface area contributed by atoms with Crippen LogP contribution in [-0.4, -0.2) is 16.3 Å². The third kappa shape index (κ3) is 4.00. The van der Waals surface area contributed by atoms with Crippen LogP contribution in [0.15, 0.2) is 17.3 Å². The van der Waals surface area contributed by atoms with E-state index in [1.54, 1.807) is 0 Å². The molecule has 2 nitrogen and oxygen atoms in total. The van der Waals surface area contributed by atoms with Crippen molar-refractivity contribution in [3.05, 3.63) is 23.4 Å². The van der Waals surface area contributed by atoms with Crippen LogP contribution < -0.4 is 5.32 Å². The Hall–Kier alpha value is -0.540.